The Labute approximate surface area is 104 Å². The van der Waals surface area contributed by atoms with E-state index in [0.29, 0.717) is 0 Å². The SMILES string of the molecule is CCC(Nc1ccccn1)c1ccc(Cl)s1. The van der Waals surface area contributed by atoms with E-state index in [1.165, 1.54) is 4.88 Å². The van der Waals surface area contributed by atoms with Gasteiger partial charge in [0, 0.05) is 11.1 Å². The average Bonchev–Trinajstić information content (AvgIpc) is 2.74. The Morgan fingerprint density at radius 1 is 1.38 bits per heavy atom. The van der Waals surface area contributed by atoms with Crippen LogP contribution in [-0.2, 0) is 0 Å². The molecule has 1 atom stereocenters. The van der Waals surface area contributed by atoms with Gasteiger partial charge < -0.3 is 5.32 Å². The molecule has 4 heteroatoms. The molecule has 1 N–H and O–H groups in total. The molecule has 16 heavy (non-hydrogen) atoms. The first-order chi connectivity index (χ1) is 7.79. The van der Waals surface area contributed by atoms with Gasteiger partial charge in [0.25, 0.3) is 0 Å². The first kappa shape index (κ1) is 11.4. The molecular weight excluding hydrogens is 240 g/mol. The number of nitrogens with zero attached hydrogens (tertiary/aromatic N) is 1. The third-order valence-corrected chi connectivity index (χ3v) is 3.68. The summed E-state index contributed by atoms with van der Waals surface area (Å²) >= 11 is 7.55. The number of pyridine rings is 1. The van der Waals surface area contributed by atoms with Gasteiger partial charge in [0.2, 0.25) is 0 Å². The standard InChI is InChI=1S/C12H13ClN2S/c1-2-9(10-6-7-11(13)16-10)15-12-5-3-4-8-14-12/h3-9H,2H2,1H3,(H,14,15). The molecule has 2 rings (SSSR count). The summed E-state index contributed by atoms with van der Waals surface area (Å²) in [6, 6.07) is 10.1. The van der Waals surface area contributed by atoms with Gasteiger partial charge in [0.15, 0.2) is 0 Å². The Morgan fingerprint density at radius 3 is 2.81 bits per heavy atom. The fourth-order valence-corrected chi connectivity index (χ4v) is 2.71. The van der Waals surface area contributed by atoms with Crippen LogP contribution in [0.5, 0.6) is 0 Å². The Bertz CT molecular complexity index is 441. The molecule has 2 aromatic heterocycles. The van der Waals surface area contributed by atoms with Crippen LogP contribution in [0.15, 0.2) is 36.5 Å². The molecule has 2 nitrogen and oxygen atoms in total. The van der Waals surface area contributed by atoms with Gasteiger partial charge in [0.05, 0.1) is 10.4 Å². The van der Waals surface area contributed by atoms with Crippen LogP contribution in [0.3, 0.4) is 0 Å². The number of halogens is 1. The molecule has 0 saturated carbocycles. The molecule has 0 saturated heterocycles. The largest absolute Gasteiger partial charge is 0.362 e. The van der Waals surface area contributed by atoms with E-state index in [9.17, 15) is 0 Å². The number of hydrogen-bond acceptors (Lipinski definition) is 3. The zero-order chi connectivity index (χ0) is 11.4. The van der Waals surface area contributed by atoms with E-state index < -0.39 is 0 Å². The minimum Gasteiger partial charge on any atom is -0.362 e. The van der Waals surface area contributed by atoms with Crippen LogP contribution in [0.1, 0.15) is 24.3 Å². The fraction of sp³-hybridized carbons (Fsp3) is 0.250. The first-order valence-corrected chi connectivity index (χ1v) is 6.42. The number of hydrogen-bond donors (Lipinski definition) is 1. The van der Waals surface area contributed by atoms with Crippen molar-refractivity contribution in [1.82, 2.24) is 4.98 Å². The second kappa shape index (κ2) is 5.32. The average molecular weight is 253 g/mol. The molecule has 2 heterocycles. The van der Waals surface area contributed by atoms with Gasteiger partial charge >= 0.3 is 0 Å². The summed E-state index contributed by atoms with van der Waals surface area (Å²) in [4.78, 5) is 5.51. The third kappa shape index (κ3) is 2.74. The second-order valence-electron chi connectivity index (χ2n) is 3.46. The van der Waals surface area contributed by atoms with E-state index in [0.717, 1.165) is 16.6 Å². The fourth-order valence-electron chi connectivity index (χ4n) is 1.52. The van der Waals surface area contributed by atoms with Crippen LogP contribution in [0.25, 0.3) is 0 Å². The minimum atomic E-state index is 0.285. The van der Waals surface area contributed by atoms with Gasteiger partial charge in [-0.25, -0.2) is 4.98 Å². The second-order valence-corrected chi connectivity index (χ2v) is 5.21. The molecule has 0 aromatic carbocycles. The van der Waals surface area contributed by atoms with E-state index >= 15 is 0 Å². The van der Waals surface area contributed by atoms with Crippen molar-refractivity contribution in [3.05, 3.63) is 45.7 Å². The van der Waals surface area contributed by atoms with Crippen LogP contribution in [0, 0.1) is 0 Å². The molecule has 0 aliphatic heterocycles. The summed E-state index contributed by atoms with van der Waals surface area (Å²) in [5, 5.41) is 3.40. The van der Waals surface area contributed by atoms with Crippen LogP contribution in [-0.4, -0.2) is 4.98 Å². The monoisotopic (exact) mass is 252 g/mol. The van der Waals surface area contributed by atoms with Crippen LogP contribution in [0.2, 0.25) is 4.34 Å². The van der Waals surface area contributed by atoms with Crippen molar-refractivity contribution in [2.24, 2.45) is 0 Å². The Balaban J connectivity index is 2.12. The van der Waals surface area contributed by atoms with Crippen LogP contribution >= 0.6 is 22.9 Å². The predicted molar refractivity (Wildman–Crippen MR) is 70.2 cm³/mol. The van der Waals surface area contributed by atoms with Gasteiger partial charge in [0.1, 0.15) is 5.82 Å². The van der Waals surface area contributed by atoms with Crippen LogP contribution < -0.4 is 5.32 Å². The quantitative estimate of drug-likeness (QED) is 0.875. The number of nitrogens with one attached hydrogen (secondary N) is 1. The first-order valence-electron chi connectivity index (χ1n) is 5.22. The summed E-state index contributed by atoms with van der Waals surface area (Å²) in [5.41, 5.74) is 0. The van der Waals surface area contributed by atoms with E-state index in [4.69, 9.17) is 11.6 Å². The maximum absolute atomic E-state index is 5.94. The van der Waals surface area contributed by atoms with Gasteiger partial charge in [-0.3, -0.25) is 0 Å². The zero-order valence-electron chi connectivity index (χ0n) is 8.98. The molecule has 0 spiro atoms. The highest BCUT2D eigenvalue weighted by molar-refractivity contribution is 7.16. The summed E-state index contributed by atoms with van der Waals surface area (Å²) in [7, 11) is 0. The van der Waals surface area contributed by atoms with Gasteiger partial charge in [-0.2, -0.15) is 0 Å². The van der Waals surface area contributed by atoms with Gasteiger partial charge in [-0.15, -0.1) is 11.3 Å². The Morgan fingerprint density at radius 2 is 2.25 bits per heavy atom. The van der Waals surface area contributed by atoms with Gasteiger partial charge in [-0.1, -0.05) is 24.6 Å². The number of rotatable bonds is 4. The highest BCUT2D eigenvalue weighted by Gasteiger charge is 2.11. The van der Waals surface area contributed by atoms with E-state index in [1.54, 1.807) is 17.5 Å². The lowest BCUT2D eigenvalue weighted by Crippen LogP contribution is -2.08. The smallest absolute Gasteiger partial charge is 0.126 e. The number of aromatic nitrogens is 1. The number of thiophene rings is 1. The molecule has 2 aromatic rings. The molecule has 1 unspecified atom stereocenters. The lowest BCUT2D eigenvalue weighted by Gasteiger charge is -2.15. The lowest BCUT2D eigenvalue weighted by molar-refractivity contribution is 0.759. The third-order valence-electron chi connectivity index (χ3n) is 2.33. The molecule has 84 valence electrons. The number of anilines is 1. The van der Waals surface area contributed by atoms with E-state index in [2.05, 4.69) is 23.3 Å². The predicted octanol–water partition coefficient (Wildman–Crippen LogP) is 4.36. The highest BCUT2D eigenvalue weighted by atomic mass is 35.5. The summed E-state index contributed by atoms with van der Waals surface area (Å²) in [6.07, 6.45) is 2.80. The highest BCUT2D eigenvalue weighted by Crippen LogP contribution is 2.30. The molecule has 0 bridgehead atoms. The van der Waals surface area contributed by atoms with Crippen molar-refractivity contribution < 1.29 is 0 Å². The van der Waals surface area contributed by atoms with Crippen molar-refractivity contribution in [2.75, 3.05) is 5.32 Å². The molecule has 0 radical (unpaired) electrons. The molecule has 0 amide bonds. The van der Waals surface area contributed by atoms with E-state index in [-0.39, 0.29) is 6.04 Å². The minimum absolute atomic E-state index is 0.285. The molecular formula is C12H13ClN2S. The maximum Gasteiger partial charge on any atom is 0.126 e. The summed E-state index contributed by atoms with van der Waals surface area (Å²) in [6.45, 7) is 2.15. The summed E-state index contributed by atoms with van der Waals surface area (Å²) < 4.78 is 0.830. The van der Waals surface area contributed by atoms with Crippen molar-refractivity contribution in [2.45, 2.75) is 19.4 Å². The van der Waals surface area contributed by atoms with Crippen molar-refractivity contribution >= 4 is 28.8 Å². The van der Waals surface area contributed by atoms with Crippen molar-refractivity contribution in [3.8, 4) is 0 Å². The van der Waals surface area contributed by atoms with E-state index in [1.807, 2.05) is 24.3 Å². The van der Waals surface area contributed by atoms with Crippen LogP contribution in [0.4, 0.5) is 5.82 Å². The Hall–Kier alpha value is -1.06. The summed E-state index contributed by atoms with van der Waals surface area (Å²) in [5.74, 6) is 0.902. The van der Waals surface area contributed by atoms with Crippen molar-refractivity contribution in [1.29, 1.82) is 0 Å². The van der Waals surface area contributed by atoms with Gasteiger partial charge in [-0.05, 0) is 30.7 Å². The molecule has 0 aliphatic carbocycles. The molecule has 0 fully saturated rings. The molecule has 0 aliphatic rings. The van der Waals surface area contributed by atoms with Crippen molar-refractivity contribution in [3.63, 3.8) is 0 Å². The normalized spacial score (nSPS) is 12.4. The maximum atomic E-state index is 5.94. The lowest BCUT2D eigenvalue weighted by atomic mass is 10.2. The topological polar surface area (TPSA) is 24.9 Å². The zero-order valence-corrected chi connectivity index (χ0v) is 10.6. The Kier molecular flexibility index (Phi) is 3.80.